The molecule has 0 radical (unpaired) electrons. The van der Waals surface area contributed by atoms with Gasteiger partial charge in [0, 0.05) is 6.04 Å². The number of nitrogens with zero attached hydrogens (tertiary/aromatic N) is 1. The average molecular weight is 435 g/mol. The minimum atomic E-state index is -8.00. The minimum absolute atomic E-state index is 0.635. The maximum atomic E-state index is 13.5. The topological polar surface area (TPSA) is 40.5 Å². The number of carbonyl (C=O) groups is 1. The van der Waals surface area contributed by atoms with Crippen molar-refractivity contribution in [3.8, 4) is 0 Å². The van der Waals surface area contributed by atoms with Crippen LogP contribution in [0.5, 0.6) is 0 Å². The van der Waals surface area contributed by atoms with Gasteiger partial charge in [-0.25, -0.2) is 4.79 Å². The molecule has 0 spiro atoms. The monoisotopic (exact) mass is 435 g/mol. The molecule has 1 N–H and O–H groups in total. The molecule has 0 aromatic rings. The van der Waals surface area contributed by atoms with Crippen molar-refractivity contribution in [1.29, 1.82) is 0 Å². The van der Waals surface area contributed by atoms with Crippen molar-refractivity contribution in [1.82, 2.24) is 4.90 Å². The molecule has 0 heterocycles. The zero-order chi connectivity index (χ0) is 22.4. The van der Waals surface area contributed by atoms with Crippen molar-refractivity contribution < 1.29 is 67.0 Å². The van der Waals surface area contributed by atoms with Crippen LogP contribution in [0.1, 0.15) is 13.8 Å². The van der Waals surface area contributed by atoms with Gasteiger partial charge in [0.2, 0.25) is 0 Å². The van der Waals surface area contributed by atoms with Crippen molar-refractivity contribution in [2.75, 3.05) is 6.54 Å². The number of halogens is 13. The highest BCUT2D eigenvalue weighted by molar-refractivity contribution is 5.65. The Morgan fingerprint density at radius 3 is 1.33 bits per heavy atom. The molecule has 1 amide bonds. The largest absolute Gasteiger partial charge is 0.465 e. The van der Waals surface area contributed by atoms with Crippen LogP contribution in [0.2, 0.25) is 0 Å². The van der Waals surface area contributed by atoms with Gasteiger partial charge in [-0.3, -0.25) is 4.90 Å². The molecule has 0 aliphatic heterocycles. The Kier molecular flexibility index (Phi) is 6.34. The molecule has 0 aliphatic carbocycles. The Labute approximate surface area is 141 Å². The number of hydrogen-bond acceptors (Lipinski definition) is 1. The number of rotatable bonds is 7. The SMILES string of the molecule is CC(C)N(CC(F)(F)C(F)(F)C(F)(F)C(F)(F)C(F)(F)C(F)(F)F)C(=O)O. The van der Waals surface area contributed by atoms with Crippen LogP contribution in [0, 0.1) is 0 Å². The summed E-state index contributed by atoms with van der Waals surface area (Å²) in [7, 11) is 0. The quantitative estimate of drug-likeness (QED) is 0.565. The van der Waals surface area contributed by atoms with Crippen molar-refractivity contribution in [3.05, 3.63) is 0 Å². The molecule has 0 bridgehead atoms. The highest BCUT2D eigenvalue weighted by Crippen LogP contribution is 2.60. The first-order valence-electron chi connectivity index (χ1n) is 6.44. The fourth-order valence-corrected chi connectivity index (χ4v) is 1.59. The Balaban J connectivity index is 6.26. The highest BCUT2D eigenvalue weighted by Gasteiger charge is 2.90. The number of carboxylic acid groups (broad SMARTS) is 1. The van der Waals surface area contributed by atoms with Gasteiger partial charge in [0.05, 0.1) is 6.54 Å². The van der Waals surface area contributed by atoms with E-state index in [0.717, 1.165) is 13.8 Å². The maximum Gasteiger partial charge on any atom is 0.460 e. The van der Waals surface area contributed by atoms with Crippen LogP contribution in [-0.2, 0) is 0 Å². The van der Waals surface area contributed by atoms with Gasteiger partial charge >= 0.3 is 41.9 Å². The Morgan fingerprint density at radius 2 is 1.07 bits per heavy atom. The summed E-state index contributed by atoms with van der Waals surface area (Å²) in [6, 6.07) is -1.60. The van der Waals surface area contributed by atoms with Crippen LogP contribution in [0.15, 0.2) is 0 Å². The molecule has 0 rings (SSSR count). The van der Waals surface area contributed by atoms with Gasteiger partial charge in [-0.15, -0.1) is 0 Å². The number of hydrogen-bond donors (Lipinski definition) is 1. The van der Waals surface area contributed by atoms with Gasteiger partial charge in [0.15, 0.2) is 0 Å². The first-order valence-corrected chi connectivity index (χ1v) is 6.44. The standard InChI is InChI=1S/C11H10F13NO2/c1-4(2)25(5(26)27)3-6(12,13)7(14,15)8(16,17)9(18,19)10(20,21)11(22,23)24/h4H,3H2,1-2H3,(H,26,27). The van der Waals surface area contributed by atoms with E-state index >= 15 is 0 Å². The van der Waals surface area contributed by atoms with E-state index in [1.165, 1.54) is 0 Å². The molecule has 0 aliphatic rings. The van der Waals surface area contributed by atoms with Gasteiger partial charge in [-0.2, -0.15) is 57.1 Å². The summed E-state index contributed by atoms with van der Waals surface area (Å²) in [5, 5.41) is 8.51. The zero-order valence-corrected chi connectivity index (χ0v) is 13.0. The Morgan fingerprint density at radius 1 is 0.741 bits per heavy atom. The van der Waals surface area contributed by atoms with Crippen LogP contribution >= 0.6 is 0 Å². The molecule has 0 aromatic heterocycles. The molecular formula is C11H10F13NO2. The zero-order valence-electron chi connectivity index (χ0n) is 13.0. The van der Waals surface area contributed by atoms with Crippen LogP contribution in [0.25, 0.3) is 0 Å². The molecule has 16 heteroatoms. The molecule has 0 fully saturated rings. The summed E-state index contributed by atoms with van der Waals surface area (Å²) >= 11 is 0. The third-order valence-corrected chi connectivity index (χ3v) is 3.24. The molecule has 3 nitrogen and oxygen atoms in total. The van der Waals surface area contributed by atoms with Crippen molar-refractivity contribution in [2.24, 2.45) is 0 Å². The van der Waals surface area contributed by atoms with E-state index in [-0.39, 0.29) is 0 Å². The van der Waals surface area contributed by atoms with Gasteiger partial charge in [-0.05, 0) is 13.8 Å². The fourth-order valence-electron chi connectivity index (χ4n) is 1.59. The predicted octanol–water partition coefficient (Wildman–Crippen LogP) is 5.11. The lowest BCUT2D eigenvalue weighted by molar-refractivity contribution is -0.440. The average Bonchev–Trinajstić information content (AvgIpc) is 2.41. The Bertz CT molecular complexity index is 555. The molecule has 162 valence electrons. The van der Waals surface area contributed by atoms with E-state index in [0.29, 0.717) is 0 Å². The lowest BCUT2D eigenvalue weighted by atomic mass is 9.93. The van der Waals surface area contributed by atoms with E-state index in [1.807, 2.05) is 0 Å². The van der Waals surface area contributed by atoms with E-state index in [2.05, 4.69) is 0 Å². The molecular weight excluding hydrogens is 425 g/mol. The van der Waals surface area contributed by atoms with E-state index in [4.69, 9.17) is 5.11 Å². The lowest BCUT2D eigenvalue weighted by Gasteiger charge is -2.40. The fraction of sp³-hybridized carbons (Fsp3) is 0.909. The van der Waals surface area contributed by atoms with E-state index in [1.54, 1.807) is 0 Å². The van der Waals surface area contributed by atoms with Crippen molar-refractivity contribution >= 4 is 6.09 Å². The summed E-state index contributed by atoms with van der Waals surface area (Å²) in [6.45, 7) is -1.35. The van der Waals surface area contributed by atoms with Crippen LogP contribution < -0.4 is 0 Å². The summed E-state index contributed by atoms with van der Waals surface area (Å²) in [5.74, 6) is -37.7. The third-order valence-electron chi connectivity index (χ3n) is 3.24. The summed E-state index contributed by atoms with van der Waals surface area (Å²) in [4.78, 5) is 9.99. The van der Waals surface area contributed by atoms with E-state index < -0.39 is 59.4 Å². The molecule has 0 aromatic carbocycles. The first kappa shape index (κ1) is 25.4. The van der Waals surface area contributed by atoms with Crippen LogP contribution in [0.4, 0.5) is 61.9 Å². The molecule has 27 heavy (non-hydrogen) atoms. The van der Waals surface area contributed by atoms with Crippen molar-refractivity contribution in [2.45, 2.75) is 55.7 Å². The molecule has 0 saturated carbocycles. The summed E-state index contributed by atoms with van der Waals surface area (Å²) < 4.78 is 167. The smallest absolute Gasteiger partial charge is 0.460 e. The van der Waals surface area contributed by atoms with Crippen molar-refractivity contribution in [3.63, 3.8) is 0 Å². The molecule has 0 unspecified atom stereocenters. The van der Waals surface area contributed by atoms with Gasteiger partial charge in [-0.1, -0.05) is 0 Å². The predicted molar refractivity (Wildman–Crippen MR) is 60.7 cm³/mol. The first-order chi connectivity index (χ1) is 11.5. The highest BCUT2D eigenvalue weighted by atomic mass is 19.4. The molecule has 0 atom stereocenters. The maximum absolute atomic E-state index is 13.5. The van der Waals surface area contributed by atoms with Gasteiger partial charge in [0.25, 0.3) is 0 Å². The van der Waals surface area contributed by atoms with E-state index in [9.17, 15) is 61.9 Å². The second kappa shape index (κ2) is 6.76. The third kappa shape index (κ3) is 3.83. The second-order valence-corrected chi connectivity index (χ2v) is 5.50. The summed E-state index contributed by atoms with van der Waals surface area (Å²) in [6.07, 6.45) is -9.90. The second-order valence-electron chi connectivity index (χ2n) is 5.50. The Hall–Kier alpha value is -1.64. The number of alkyl halides is 13. The van der Waals surface area contributed by atoms with Gasteiger partial charge in [0.1, 0.15) is 0 Å². The van der Waals surface area contributed by atoms with Crippen LogP contribution in [-0.4, -0.2) is 64.5 Å². The number of amides is 1. The lowest BCUT2D eigenvalue weighted by Crippen LogP contribution is -2.71. The van der Waals surface area contributed by atoms with Gasteiger partial charge < -0.3 is 5.11 Å². The van der Waals surface area contributed by atoms with Crippen LogP contribution in [0.3, 0.4) is 0 Å². The minimum Gasteiger partial charge on any atom is -0.465 e. The summed E-state index contributed by atoms with van der Waals surface area (Å²) in [5.41, 5.74) is 0. The molecule has 0 saturated heterocycles. The normalized spacial score (nSPS) is 15.3.